The molecular formula is C14H11Cl2N3S2. The van der Waals surface area contributed by atoms with E-state index < -0.39 is 0 Å². The van der Waals surface area contributed by atoms with Crippen molar-refractivity contribution >= 4 is 46.7 Å². The third-order valence-electron chi connectivity index (χ3n) is 3.26. The number of thioether (sulfide) groups is 2. The topological polar surface area (TPSA) is 41.6 Å². The third kappa shape index (κ3) is 3.19. The Balaban J connectivity index is 1.77. The Labute approximate surface area is 141 Å². The second-order valence-corrected chi connectivity index (χ2v) is 8.24. The van der Waals surface area contributed by atoms with Gasteiger partial charge in [0, 0.05) is 33.4 Å². The van der Waals surface area contributed by atoms with Crippen LogP contribution in [0.15, 0.2) is 36.9 Å². The fourth-order valence-corrected chi connectivity index (χ4v) is 6.28. The molecule has 0 amide bonds. The monoisotopic (exact) mass is 355 g/mol. The summed E-state index contributed by atoms with van der Waals surface area (Å²) in [4.78, 5) is 4.02. The molecule has 7 heteroatoms. The van der Waals surface area contributed by atoms with E-state index in [2.05, 4.69) is 11.1 Å². The number of nitrogens with zero attached hydrogens (tertiary/aromatic N) is 3. The van der Waals surface area contributed by atoms with Crippen LogP contribution in [0.3, 0.4) is 0 Å². The third-order valence-corrected chi connectivity index (χ3v) is 7.16. The van der Waals surface area contributed by atoms with E-state index in [-0.39, 0.29) is 15.9 Å². The molecule has 0 aliphatic carbocycles. The van der Waals surface area contributed by atoms with Crippen LogP contribution < -0.4 is 0 Å². The van der Waals surface area contributed by atoms with Crippen LogP contribution in [0.25, 0.3) is 0 Å². The van der Waals surface area contributed by atoms with Crippen LogP contribution in [0.2, 0.25) is 10.0 Å². The number of aromatic nitrogens is 2. The molecular weight excluding hydrogens is 345 g/mol. The van der Waals surface area contributed by atoms with Crippen LogP contribution in [0, 0.1) is 11.3 Å². The lowest BCUT2D eigenvalue weighted by molar-refractivity contribution is 0.664. The van der Waals surface area contributed by atoms with E-state index in [4.69, 9.17) is 23.2 Å². The van der Waals surface area contributed by atoms with Crippen molar-refractivity contribution in [1.82, 2.24) is 9.55 Å². The minimum atomic E-state index is -0.224. The van der Waals surface area contributed by atoms with Crippen molar-refractivity contribution in [2.24, 2.45) is 0 Å². The number of benzene rings is 1. The summed E-state index contributed by atoms with van der Waals surface area (Å²) in [5.74, 6) is 0.934. The van der Waals surface area contributed by atoms with Crippen LogP contribution in [0.4, 0.5) is 0 Å². The average molecular weight is 356 g/mol. The first-order chi connectivity index (χ1) is 10.2. The molecule has 0 bridgehead atoms. The molecule has 0 spiro atoms. The van der Waals surface area contributed by atoms with Crippen molar-refractivity contribution in [3.8, 4) is 6.07 Å². The molecule has 2 aromatic rings. The fraction of sp³-hybridized carbons (Fsp3) is 0.286. The highest BCUT2D eigenvalue weighted by Gasteiger charge is 2.34. The minimum Gasteiger partial charge on any atom is -0.319 e. The fourth-order valence-electron chi connectivity index (χ4n) is 2.22. The summed E-state index contributed by atoms with van der Waals surface area (Å²) in [6.45, 7) is 0. The summed E-state index contributed by atoms with van der Waals surface area (Å²) in [6.07, 6.45) is 5.22. The van der Waals surface area contributed by atoms with Gasteiger partial charge in [-0.2, -0.15) is 5.26 Å². The molecule has 3 nitrogen and oxygen atoms in total. The maximum atomic E-state index is 9.44. The number of halogens is 2. The standard InChI is InChI=1S/C14H11Cl2N3S2/c15-9-1-2-10(11(16)5-9)13-7-20-14(21-13)12(6-17)19-4-3-18-8-19/h1-5,8,12-14H,7H2/t12-,13+,14+/m1/s1. The second kappa shape index (κ2) is 6.53. The Hall–Kier alpha value is -0.800. The second-order valence-electron chi connectivity index (χ2n) is 4.58. The smallest absolute Gasteiger partial charge is 0.142 e. The molecule has 1 saturated heterocycles. The van der Waals surface area contributed by atoms with Gasteiger partial charge < -0.3 is 4.57 Å². The Kier molecular flexibility index (Phi) is 4.70. The van der Waals surface area contributed by atoms with Gasteiger partial charge in [0.25, 0.3) is 0 Å². The van der Waals surface area contributed by atoms with Gasteiger partial charge in [-0.05, 0) is 17.7 Å². The summed E-state index contributed by atoms with van der Waals surface area (Å²) < 4.78 is 2.03. The molecule has 0 radical (unpaired) electrons. The van der Waals surface area contributed by atoms with Crippen molar-refractivity contribution in [3.63, 3.8) is 0 Å². The zero-order chi connectivity index (χ0) is 14.8. The molecule has 108 valence electrons. The van der Waals surface area contributed by atoms with Crippen LogP contribution in [-0.4, -0.2) is 19.9 Å². The van der Waals surface area contributed by atoms with Crippen molar-refractivity contribution in [2.75, 3.05) is 5.75 Å². The van der Waals surface area contributed by atoms with Crippen molar-refractivity contribution in [1.29, 1.82) is 5.26 Å². The Bertz CT molecular complexity index is 669. The Morgan fingerprint density at radius 1 is 1.43 bits per heavy atom. The predicted octanol–water partition coefficient (Wildman–Crippen LogP) is 4.80. The lowest BCUT2D eigenvalue weighted by Crippen LogP contribution is -2.14. The summed E-state index contributed by atoms with van der Waals surface area (Å²) in [5.41, 5.74) is 1.09. The van der Waals surface area contributed by atoms with Gasteiger partial charge in [0.15, 0.2) is 0 Å². The van der Waals surface area contributed by atoms with Gasteiger partial charge in [-0.1, -0.05) is 29.3 Å². The molecule has 0 unspecified atom stereocenters. The number of imidazole rings is 1. The van der Waals surface area contributed by atoms with E-state index in [1.165, 1.54) is 0 Å². The SMILES string of the molecule is N#C[C@H]([C@H]1SC[C@@H](c2ccc(Cl)cc2Cl)S1)n1ccnc1. The molecule has 0 N–H and O–H groups in total. The lowest BCUT2D eigenvalue weighted by Gasteiger charge is -2.17. The molecule has 2 heterocycles. The van der Waals surface area contributed by atoms with Gasteiger partial charge in [-0.3, -0.25) is 0 Å². The predicted molar refractivity (Wildman–Crippen MR) is 89.9 cm³/mol. The average Bonchev–Trinajstić information content (AvgIpc) is 3.12. The quantitative estimate of drug-likeness (QED) is 0.792. The van der Waals surface area contributed by atoms with Gasteiger partial charge in [-0.25, -0.2) is 4.98 Å². The first-order valence-corrected chi connectivity index (χ1v) is 9.03. The summed E-state index contributed by atoms with van der Waals surface area (Å²) >= 11 is 15.8. The molecule has 1 aliphatic heterocycles. The van der Waals surface area contributed by atoms with Crippen molar-refractivity contribution < 1.29 is 0 Å². The molecule has 1 aromatic carbocycles. The minimum absolute atomic E-state index is 0.168. The van der Waals surface area contributed by atoms with E-state index in [0.717, 1.165) is 11.3 Å². The van der Waals surface area contributed by atoms with E-state index in [1.54, 1.807) is 42.1 Å². The van der Waals surface area contributed by atoms with Gasteiger partial charge in [0.1, 0.15) is 6.04 Å². The highest BCUT2D eigenvalue weighted by Crippen LogP contribution is 2.52. The molecule has 1 fully saturated rings. The van der Waals surface area contributed by atoms with Gasteiger partial charge in [-0.15, -0.1) is 23.5 Å². The zero-order valence-electron chi connectivity index (χ0n) is 10.8. The number of rotatable bonds is 3. The lowest BCUT2D eigenvalue weighted by atomic mass is 10.2. The van der Waals surface area contributed by atoms with Crippen LogP contribution in [-0.2, 0) is 0 Å². The van der Waals surface area contributed by atoms with Crippen LogP contribution in [0.5, 0.6) is 0 Å². The van der Waals surface area contributed by atoms with Crippen LogP contribution >= 0.6 is 46.7 Å². The van der Waals surface area contributed by atoms with Crippen LogP contribution in [0.1, 0.15) is 16.9 Å². The van der Waals surface area contributed by atoms with Gasteiger partial charge in [0.05, 0.1) is 17.0 Å². The van der Waals surface area contributed by atoms with Gasteiger partial charge in [0.2, 0.25) is 0 Å². The highest BCUT2D eigenvalue weighted by molar-refractivity contribution is 8.20. The summed E-state index contributed by atoms with van der Waals surface area (Å²) in [5, 5.41) is 11.1. The molecule has 1 aromatic heterocycles. The Morgan fingerprint density at radius 3 is 2.95 bits per heavy atom. The molecule has 21 heavy (non-hydrogen) atoms. The summed E-state index contributed by atoms with van der Waals surface area (Å²) in [7, 11) is 0. The van der Waals surface area contributed by atoms with Crippen molar-refractivity contribution in [2.45, 2.75) is 15.9 Å². The Morgan fingerprint density at radius 2 is 2.29 bits per heavy atom. The first kappa shape index (κ1) is 15.1. The van der Waals surface area contributed by atoms with Gasteiger partial charge >= 0.3 is 0 Å². The molecule has 0 saturated carbocycles. The first-order valence-electron chi connectivity index (χ1n) is 6.28. The normalized spacial score (nSPS) is 22.9. The van der Waals surface area contributed by atoms with E-state index in [9.17, 15) is 5.26 Å². The van der Waals surface area contributed by atoms with E-state index in [1.807, 2.05) is 22.9 Å². The molecule has 1 aliphatic rings. The number of hydrogen-bond donors (Lipinski definition) is 0. The largest absolute Gasteiger partial charge is 0.319 e. The maximum Gasteiger partial charge on any atom is 0.142 e. The molecule has 3 rings (SSSR count). The van der Waals surface area contributed by atoms with Crippen molar-refractivity contribution in [3.05, 3.63) is 52.5 Å². The highest BCUT2D eigenvalue weighted by atomic mass is 35.5. The van der Waals surface area contributed by atoms with E-state index >= 15 is 0 Å². The zero-order valence-corrected chi connectivity index (χ0v) is 14.0. The molecule has 3 atom stereocenters. The maximum absolute atomic E-state index is 9.44. The number of nitriles is 1. The summed E-state index contributed by atoms with van der Waals surface area (Å²) in [6, 6.07) is 7.75. The van der Waals surface area contributed by atoms with E-state index in [0.29, 0.717) is 10.0 Å². The number of hydrogen-bond acceptors (Lipinski definition) is 4.